The van der Waals surface area contributed by atoms with Crippen LogP contribution in [0.4, 0.5) is 0 Å². The lowest BCUT2D eigenvalue weighted by Gasteiger charge is -2.41. The second-order valence-corrected chi connectivity index (χ2v) is 13.0. The monoisotopic (exact) mass is 531 g/mol. The molecule has 0 saturated carbocycles. The van der Waals surface area contributed by atoms with Crippen molar-refractivity contribution in [3.8, 4) is 5.75 Å². The zero-order valence-electron chi connectivity index (χ0n) is 24.2. The second-order valence-electron chi connectivity index (χ2n) is 12.0. The number of hydrogen-bond donors (Lipinski definition) is 1. The van der Waals surface area contributed by atoms with E-state index in [1.807, 2.05) is 55.3 Å². The average molecular weight is 532 g/mol. The minimum atomic E-state index is -1.02. The van der Waals surface area contributed by atoms with Crippen molar-refractivity contribution >= 4 is 23.2 Å². The van der Waals surface area contributed by atoms with Crippen molar-refractivity contribution in [2.75, 3.05) is 14.2 Å². The van der Waals surface area contributed by atoms with Crippen molar-refractivity contribution in [3.63, 3.8) is 0 Å². The molecule has 0 bridgehead atoms. The third-order valence-electron chi connectivity index (χ3n) is 6.48. The van der Waals surface area contributed by atoms with Gasteiger partial charge in [0.2, 0.25) is 0 Å². The number of hydrogen-bond acceptors (Lipinski definition) is 6. The molecule has 1 N–H and O–H groups in total. The fourth-order valence-electron chi connectivity index (χ4n) is 5.13. The second kappa shape index (κ2) is 12.0. The lowest BCUT2D eigenvalue weighted by Crippen LogP contribution is -2.56. The predicted molar refractivity (Wildman–Crippen MR) is 150 cm³/mol. The van der Waals surface area contributed by atoms with Crippen LogP contribution < -0.4 is 4.74 Å². The van der Waals surface area contributed by atoms with Gasteiger partial charge in [0.25, 0.3) is 5.91 Å². The van der Waals surface area contributed by atoms with Crippen LogP contribution in [0, 0.1) is 5.92 Å². The molecular weight excluding hydrogens is 486 g/mol. The standard InChI is InChI=1S/C29H41NO4S.CH4O/c1-19(2)18-29(26(32)34-28(6,7)8)15-14-22(24-11-10-16-35-24)30(29)25(31)20-12-13-21(27(3,4)5)23(17-20)33-9;1-2/h10-13,16-17,19,22H,14-15,18H2,1-9H3;2H,1H3/t22-,29-;/m1./s1. The highest BCUT2D eigenvalue weighted by Gasteiger charge is 2.56. The Labute approximate surface area is 227 Å². The largest absolute Gasteiger partial charge is 0.496 e. The van der Waals surface area contributed by atoms with Crippen molar-refractivity contribution in [1.82, 2.24) is 4.90 Å². The molecular formula is C30H45NO5S. The minimum Gasteiger partial charge on any atom is -0.496 e. The summed E-state index contributed by atoms with van der Waals surface area (Å²) >= 11 is 1.62. The molecule has 7 heteroatoms. The number of carbonyl (C=O) groups excluding carboxylic acids is 2. The molecule has 3 rings (SSSR count). The van der Waals surface area contributed by atoms with Gasteiger partial charge in [0.1, 0.15) is 16.9 Å². The molecule has 2 heterocycles. The lowest BCUT2D eigenvalue weighted by atomic mass is 9.84. The molecule has 2 atom stereocenters. The van der Waals surface area contributed by atoms with E-state index in [4.69, 9.17) is 14.6 Å². The summed E-state index contributed by atoms with van der Waals surface area (Å²) in [7, 11) is 2.63. The van der Waals surface area contributed by atoms with E-state index in [1.165, 1.54) is 0 Å². The fourth-order valence-corrected chi connectivity index (χ4v) is 5.98. The van der Waals surface area contributed by atoms with Crippen LogP contribution in [-0.2, 0) is 14.9 Å². The van der Waals surface area contributed by atoms with Crippen LogP contribution in [0.1, 0.15) is 101 Å². The molecule has 1 aromatic carbocycles. The van der Waals surface area contributed by atoms with Crippen LogP contribution in [0.3, 0.4) is 0 Å². The van der Waals surface area contributed by atoms with Gasteiger partial charge in [0, 0.05) is 17.6 Å². The minimum absolute atomic E-state index is 0.127. The lowest BCUT2D eigenvalue weighted by molar-refractivity contribution is -0.168. The summed E-state index contributed by atoms with van der Waals surface area (Å²) in [5, 5.41) is 9.02. The van der Waals surface area contributed by atoms with E-state index in [0.29, 0.717) is 24.2 Å². The van der Waals surface area contributed by atoms with Crippen LogP contribution >= 0.6 is 11.3 Å². The summed E-state index contributed by atoms with van der Waals surface area (Å²) in [6.45, 7) is 16.2. The maximum absolute atomic E-state index is 14.3. The van der Waals surface area contributed by atoms with Crippen LogP contribution in [-0.4, -0.2) is 47.2 Å². The molecule has 1 saturated heterocycles. The zero-order valence-corrected chi connectivity index (χ0v) is 25.0. The first kappa shape index (κ1) is 30.8. The molecule has 37 heavy (non-hydrogen) atoms. The summed E-state index contributed by atoms with van der Waals surface area (Å²) in [6, 6.07) is 9.54. The number of thiophene rings is 1. The predicted octanol–water partition coefficient (Wildman–Crippen LogP) is 6.77. The first-order valence-corrected chi connectivity index (χ1v) is 13.8. The summed E-state index contributed by atoms with van der Waals surface area (Å²) in [6.07, 6.45) is 1.84. The Balaban J connectivity index is 0.00000235. The van der Waals surface area contributed by atoms with Gasteiger partial charge in [-0.15, -0.1) is 11.3 Å². The van der Waals surface area contributed by atoms with Gasteiger partial charge in [-0.1, -0.05) is 46.8 Å². The Hall–Kier alpha value is -2.38. The number of rotatable bonds is 6. The smallest absolute Gasteiger partial charge is 0.332 e. The Morgan fingerprint density at radius 2 is 1.78 bits per heavy atom. The quantitative estimate of drug-likeness (QED) is 0.417. The van der Waals surface area contributed by atoms with Crippen molar-refractivity contribution in [2.24, 2.45) is 5.92 Å². The highest BCUT2D eigenvalue weighted by atomic mass is 32.1. The van der Waals surface area contributed by atoms with Crippen molar-refractivity contribution in [3.05, 3.63) is 51.7 Å². The number of aliphatic hydroxyl groups excluding tert-OH is 1. The number of nitrogens with zero attached hydrogens (tertiary/aromatic N) is 1. The van der Waals surface area contributed by atoms with Gasteiger partial charge in [-0.2, -0.15) is 0 Å². The van der Waals surface area contributed by atoms with Crippen molar-refractivity contribution < 1.29 is 24.2 Å². The van der Waals surface area contributed by atoms with Gasteiger partial charge < -0.3 is 19.5 Å². The molecule has 2 aromatic rings. The first-order chi connectivity index (χ1) is 17.2. The van der Waals surface area contributed by atoms with E-state index >= 15 is 0 Å². The Bertz CT molecular complexity index is 1050. The van der Waals surface area contributed by atoms with Crippen LogP contribution in [0.25, 0.3) is 0 Å². The number of aliphatic hydroxyl groups is 1. The SMILES string of the molecule is CO.COc1cc(C(=O)N2[C@@H](c3cccs3)CC[C@@]2(CC(C)C)C(=O)OC(C)(C)C)ccc1C(C)(C)C. The molecule has 0 spiro atoms. The zero-order chi connectivity index (χ0) is 28.2. The van der Waals surface area contributed by atoms with E-state index in [2.05, 4.69) is 40.7 Å². The van der Waals surface area contributed by atoms with E-state index in [1.54, 1.807) is 18.4 Å². The highest BCUT2D eigenvalue weighted by molar-refractivity contribution is 7.10. The maximum atomic E-state index is 14.3. The van der Waals surface area contributed by atoms with Gasteiger partial charge in [0.15, 0.2) is 0 Å². The fraction of sp³-hybridized carbons (Fsp3) is 0.600. The van der Waals surface area contributed by atoms with E-state index < -0.39 is 11.1 Å². The molecule has 0 aliphatic carbocycles. The van der Waals surface area contributed by atoms with Gasteiger partial charge in [0.05, 0.1) is 13.2 Å². The Morgan fingerprint density at radius 1 is 1.14 bits per heavy atom. The highest BCUT2D eigenvalue weighted by Crippen LogP contribution is 2.49. The number of methoxy groups -OCH3 is 1. The average Bonchev–Trinajstić information content (AvgIpc) is 3.46. The van der Waals surface area contributed by atoms with E-state index in [9.17, 15) is 9.59 Å². The van der Waals surface area contributed by atoms with Gasteiger partial charge >= 0.3 is 5.97 Å². The number of likely N-dealkylation sites (tertiary alicyclic amines) is 1. The summed E-state index contributed by atoms with van der Waals surface area (Å²) < 4.78 is 11.7. The van der Waals surface area contributed by atoms with Gasteiger partial charge in [-0.05, 0) is 80.5 Å². The van der Waals surface area contributed by atoms with Crippen LogP contribution in [0.2, 0.25) is 0 Å². The molecule has 1 aliphatic rings. The van der Waals surface area contributed by atoms with E-state index in [-0.39, 0.29) is 29.3 Å². The Morgan fingerprint density at radius 3 is 2.27 bits per heavy atom. The normalized spacial score (nSPS) is 19.9. The topological polar surface area (TPSA) is 76.1 Å². The van der Waals surface area contributed by atoms with Gasteiger partial charge in [-0.25, -0.2) is 4.79 Å². The molecule has 206 valence electrons. The number of carbonyl (C=O) groups is 2. The summed E-state index contributed by atoms with van der Waals surface area (Å²) in [4.78, 5) is 31.1. The first-order valence-electron chi connectivity index (χ1n) is 12.9. The molecule has 1 fully saturated rings. The van der Waals surface area contributed by atoms with Gasteiger partial charge in [-0.3, -0.25) is 4.79 Å². The molecule has 0 radical (unpaired) electrons. The summed E-state index contributed by atoms with van der Waals surface area (Å²) in [5.74, 6) is 0.412. The number of ether oxygens (including phenoxy) is 2. The third kappa shape index (κ3) is 6.94. The van der Waals surface area contributed by atoms with Crippen molar-refractivity contribution in [2.45, 2.75) is 97.2 Å². The molecule has 6 nitrogen and oxygen atoms in total. The van der Waals surface area contributed by atoms with E-state index in [0.717, 1.165) is 24.0 Å². The molecule has 1 amide bonds. The number of benzene rings is 1. The maximum Gasteiger partial charge on any atom is 0.332 e. The third-order valence-corrected chi connectivity index (χ3v) is 7.45. The molecule has 1 aliphatic heterocycles. The Kier molecular flexibility index (Phi) is 10.00. The molecule has 0 unspecified atom stereocenters. The van der Waals surface area contributed by atoms with Crippen LogP contribution in [0.5, 0.6) is 5.75 Å². The van der Waals surface area contributed by atoms with Crippen molar-refractivity contribution in [1.29, 1.82) is 0 Å². The van der Waals surface area contributed by atoms with Crippen LogP contribution in [0.15, 0.2) is 35.7 Å². The summed E-state index contributed by atoms with van der Waals surface area (Å²) in [5.41, 5.74) is -0.237. The number of amides is 1. The molecule has 1 aromatic heterocycles. The number of esters is 1.